The fraction of sp³-hybridized carbons (Fsp3) is 0.278. The molecule has 5 rings (SSSR count). The molecular formula is C36H38ClN3O3. The van der Waals surface area contributed by atoms with Crippen LogP contribution in [0.2, 0.25) is 5.02 Å². The summed E-state index contributed by atoms with van der Waals surface area (Å²) in [7, 11) is 0. The molecule has 1 heterocycles. The van der Waals surface area contributed by atoms with Gasteiger partial charge in [-0.05, 0) is 117 Å². The lowest BCUT2D eigenvalue weighted by atomic mass is 10.0. The van der Waals surface area contributed by atoms with Crippen molar-refractivity contribution in [2.24, 2.45) is 0 Å². The number of para-hydroxylation sites is 1. The van der Waals surface area contributed by atoms with Gasteiger partial charge in [0.1, 0.15) is 5.75 Å². The van der Waals surface area contributed by atoms with Crippen molar-refractivity contribution >= 4 is 34.8 Å². The predicted octanol–water partition coefficient (Wildman–Crippen LogP) is 8.14. The minimum absolute atomic E-state index is 0.0587. The first-order valence-electron chi connectivity index (χ1n) is 14.9. The summed E-state index contributed by atoms with van der Waals surface area (Å²) < 4.78 is 5.82. The number of anilines is 2. The molecule has 0 aromatic heterocycles. The van der Waals surface area contributed by atoms with Crippen LogP contribution in [0.15, 0.2) is 91.0 Å². The van der Waals surface area contributed by atoms with E-state index >= 15 is 0 Å². The Morgan fingerprint density at radius 2 is 1.67 bits per heavy atom. The predicted molar refractivity (Wildman–Crippen MR) is 175 cm³/mol. The van der Waals surface area contributed by atoms with Crippen LogP contribution in [-0.2, 0) is 0 Å². The Balaban J connectivity index is 1.24. The van der Waals surface area contributed by atoms with E-state index in [0.29, 0.717) is 35.0 Å². The third-order valence-corrected chi connectivity index (χ3v) is 8.09. The van der Waals surface area contributed by atoms with Gasteiger partial charge in [-0.3, -0.25) is 9.59 Å². The summed E-state index contributed by atoms with van der Waals surface area (Å²) in [6.45, 7) is 5.95. The quantitative estimate of drug-likeness (QED) is 0.182. The molecule has 1 aliphatic rings. The van der Waals surface area contributed by atoms with Crippen molar-refractivity contribution in [2.75, 3.05) is 29.9 Å². The van der Waals surface area contributed by atoms with E-state index in [-0.39, 0.29) is 17.9 Å². The number of benzene rings is 4. The van der Waals surface area contributed by atoms with Crippen LogP contribution in [0.25, 0.3) is 0 Å². The van der Waals surface area contributed by atoms with Crippen molar-refractivity contribution in [3.63, 3.8) is 0 Å². The molecule has 0 bridgehead atoms. The van der Waals surface area contributed by atoms with Gasteiger partial charge in [-0.1, -0.05) is 48.0 Å². The van der Waals surface area contributed by atoms with Crippen molar-refractivity contribution in [1.82, 2.24) is 5.32 Å². The van der Waals surface area contributed by atoms with E-state index < -0.39 is 0 Å². The van der Waals surface area contributed by atoms with Gasteiger partial charge in [0.25, 0.3) is 11.8 Å². The molecule has 1 atom stereocenters. The van der Waals surface area contributed by atoms with Crippen LogP contribution in [-0.4, -0.2) is 31.5 Å². The summed E-state index contributed by atoms with van der Waals surface area (Å²) in [6, 6.07) is 28.7. The summed E-state index contributed by atoms with van der Waals surface area (Å²) in [6.07, 6.45) is 3.69. The second-order valence-corrected chi connectivity index (χ2v) is 11.4. The van der Waals surface area contributed by atoms with Gasteiger partial charge in [-0.2, -0.15) is 0 Å². The third-order valence-electron chi connectivity index (χ3n) is 7.85. The number of carbonyl (C=O) groups is 2. The number of fused-ring (bicyclic) bond motifs is 1. The van der Waals surface area contributed by atoms with Crippen molar-refractivity contribution in [1.29, 1.82) is 0 Å². The van der Waals surface area contributed by atoms with Gasteiger partial charge in [0.05, 0.1) is 6.61 Å². The molecule has 7 heteroatoms. The molecule has 0 radical (unpaired) electrons. The molecule has 222 valence electrons. The number of hydrogen-bond donors (Lipinski definition) is 2. The summed E-state index contributed by atoms with van der Waals surface area (Å²) in [5.74, 6) is 0.665. The number of amides is 2. The number of aryl methyl sites for hydroxylation is 2. The second kappa shape index (κ2) is 14.4. The highest BCUT2D eigenvalue weighted by Crippen LogP contribution is 2.36. The highest BCUT2D eigenvalue weighted by Gasteiger charge is 2.28. The Hall–Kier alpha value is -4.13. The first-order valence-corrected chi connectivity index (χ1v) is 15.3. The van der Waals surface area contributed by atoms with E-state index in [1.165, 1.54) is 0 Å². The molecule has 0 fully saturated rings. The van der Waals surface area contributed by atoms with E-state index in [1.807, 2.05) is 91.5 Å². The Labute approximate surface area is 259 Å². The highest BCUT2D eigenvalue weighted by atomic mass is 35.5. The Morgan fingerprint density at radius 1 is 0.884 bits per heavy atom. The normalized spacial score (nSPS) is 14.5. The fourth-order valence-electron chi connectivity index (χ4n) is 5.57. The SMILES string of the molecule is Cc1ccccc1C(=O)Nc1ccc(C(=O)N2CCCC(NCCCCOc3ccccc3)c3cc(Cl)ccc32)c(C)c1. The number of nitrogens with zero attached hydrogens (tertiary/aromatic N) is 1. The number of unbranched alkanes of at least 4 members (excludes halogenated alkanes) is 1. The number of hydrogen-bond acceptors (Lipinski definition) is 4. The lowest BCUT2D eigenvalue weighted by Gasteiger charge is -2.25. The minimum Gasteiger partial charge on any atom is -0.494 e. The van der Waals surface area contributed by atoms with Gasteiger partial charge in [-0.15, -0.1) is 0 Å². The van der Waals surface area contributed by atoms with Crippen LogP contribution in [0.5, 0.6) is 5.75 Å². The van der Waals surface area contributed by atoms with E-state index in [4.69, 9.17) is 16.3 Å². The van der Waals surface area contributed by atoms with Crippen LogP contribution in [0, 0.1) is 13.8 Å². The lowest BCUT2D eigenvalue weighted by molar-refractivity contribution is 0.0985. The Kier molecular flexibility index (Phi) is 10.1. The zero-order valence-electron chi connectivity index (χ0n) is 24.7. The highest BCUT2D eigenvalue weighted by molar-refractivity contribution is 6.30. The van der Waals surface area contributed by atoms with Crippen molar-refractivity contribution in [3.05, 3.63) is 124 Å². The molecule has 0 saturated carbocycles. The van der Waals surface area contributed by atoms with E-state index in [9.17, 15) is 9.59 Å². The van der Waals surface area contributed by atoms with Gasteiger partial charge >= 0.3 is 0 Å². The van der Waals surface area contributed by atoms with Crippen molar-refractivity contribution < 1.29 is 14.3 Å². The molecule has 1 aliphatic heterocycles. The molecule has 4 aromatic carbocycles. The smallest absolute Gasteiger partial charge is 0.258 e. The third kappa shape index (κ3) is 7.64. The number of carbonyl (C=O) groups excluding carboxylic acids is 2. The fourth-order valence-corrected chi connectivity index (χ4v) is 5.75. The zero-order valence-corrected chi connectivity index (χ0v) is 25.5. The van der Waals surface area contributed by atoms with Crippen LogP contribution in [0.3, 0.4) is 0 Å². The maximum atomic E-state index is 13.9. The maximum Gasteiger partial charge on any atom is 0.258 e. The van der Waals surface area contributed by atoms with E-state index in [1.54, 1.807) is 18.2 Å². The molecule has 6 nitrogen and oxygen atoms in total. The average molecular weight is 596 g/mol. The van der Waals surface area contributed by atoms with Crippen LogP contribution in [0.4, 0.5) is 11.4 Å². The molecule has 43 heavy (non-hydrogen) atoms. The first-order chi connectivity index (χ1) is 20.9. The molecule has 2 N–H and O–H groups in total. The second-order valence-electron chi connectivity index (χ2n) is 11.0. The molecule has 1 unspecified atom stereocenters. The standard InChI is InChI=1S/C36H38ClN3O3/c1-25-11-6-7-14-30(25)35(41)39-28-17-18-31(26(2)23-28)36(42)40-21-10-15-33(32-24-27(37)16-19-34(32)40)38-20-8-9-22-43-29-12-4-3-5-13-29/h3-7,11-14,16-19,23-24,33,38H,8-10,15,20-22H2,1-2H3,(H,39,41). The summed E-state index contributed by atoms with van der Waals surface area (Å²) in [4.78, 5) is 28.6. The molecule has 0 saturated heterocycles. The van der Waals surface area contributed by atoms with E-state index in [0.717, 1.165) is 60.4 Å². The molecule has 4 aromatic rings. The molecule has 0 aliphatic carbocycles. The van der Waals surface area contributed by atoms with Gasteiger partial charge in [0.15, 0.2) is 0 Å². The topological polar surface area (TPSA) is 70.7 Å². The lowest BCUT2D eigenvalue weighted by Crippen LogP contribution is -2.32. The largest absolute Gasteiger partial charge is 0.494 e. The molecular weight excluding hydrogens is 558 g/mol. The summed E-state index contributed by atoms with van der Waals surface area (Å²) in [5.41, 5.74) is 5.53. The van der Waals surface area contributed by atoms with Gasteiger partial charge in [0, 0.05) is 40.1 Å². The van der Waals surface area contributed by atoms with Gasteiger partial charge < -0.3 is 20.3 Å². The Bertz CT molecular complexity index is 1570. The zero-order chi connectivity index (χ0) is 30.2. The van der Waals surface area contributed by atoms with Gasteiger partial charge in [-0.25, -0.2) is 0 Å². The first kappa shape index (κ1) is 30.3. The molecule has 2 amide bonds. The Morgan fingerprint density at radius 3 is 2.47 bits per heavy atom. The number of halogens is 1. The summed E-state index contributed by atoms with van der Waals surface area (Å²) >= 11 is 6.46. The van der Waals surface area contributed by atoms with Crippen molar-refractivity contribution in [3.8, 4) is 5.75 Å². The minimum atomic E-state index is -0.169. The molecule has 0 spiro atoms. The average Bonchev–Trinajstić information content (AvgIpc) is 3.18. The van der Waals surface area contributed by atoms with Crippen LogP contribution in [0.1, 0.15) is 69.1 Å². The number of ether oxygens (including phenoxy) is 1. The number of rotatable bonds is 10. The number of nitrogens with one attached hydrogen (secondary N) is 2. The van der Waals surface area contributed by atoms with Gasteiger partial charge in [0.2, 0.25) is 0 Å². The van der Waals surface area contributed by atoms with Crippen LogP contribution >= 0.6 is 11.6 Å². The summed E-state index contributed by atoms with van der Waals surface area (Å²) in [5, 5.41) is 7.33. The maximum absolute atomic E-state index is 13.9. The van der Waals surface area contributed by atoms with Crippen molar-refractivity contribution in [2.45, 2.75) is 45.6 Å². The van der Waals surface area contributed by atoms with E-state index in [2.05, 4.69) is 10.6 Å². The monoisotopic (exact) mass is 595 g/mol. The van der Waals surface area contributed by atoms with Crippen LogP contribution < -0.4 is 20.3 Å².